The van der Waals surface area contributed by atoms with Crippen LogP contribution in [0.4, 0.5) is 5.69 Å². The molecule has 5 heteroatoms. The number of hydrogen-bond acceptors (Lipinski definition) is 4. The third-order valence-corrected chi connectivity index (χ3v) is 2.16. The number of non-ortho nitro benzene ring substituents is 1. The van der Waals surface area contributed by atoms with Gasteiger partial charge in [0.25, 0.3) is 5.69 Å². The first-order chi connectivity index (χ1) is 7.74. The zero-order chi connectivity index (χ0) is 11.8. The average Bonchev–Trinajstić information content (AvgIpc) is 2.29. The van der Waals surface area contributed by atoms with E-state index >= 15 is 0 Å². The molecule has 0 aromatic heterocycles. The van der Waals surface area contributed by atoms with Crippen molar-refractivity contribution in [2.45, 2.75) is 19.3 Å². The van der Waals surface area contributed by atoms with Gasteiger partial charge in [-0.3, -0.25) is 10.1 Å². The van der Waals surface area contributed by atoms with Crippen molar-refractivity contribution < 1.29 is 9.66 Å². The van der Waals surface area contributed by atoms with Gasteiger partial charge in [-0.05, 0) is 37.9 Å². The minimum Gasteiger partial charge on any atom is -0.494 e. The number of nitro benzene ring substituents is 1. The lowest BCUT2D eigenvalue weighted by atomic mass is 10.2. The minimum atomic E-state index is -0.426. The van der Waals surface area contributed by atoms with E-state index in [1.54, 1.807) is 12.1 Å². The Bertz CT molecular complexity index is 325. The predicted molar refractivity (Wildman–Crippen MR) is 61.5 cm³/mol. The second kappa shape index (κ2) is 6.79. The van der Waals surface area contributed by atoms with Crippen molar-refractivity contribution in [1.82, 2.24) is 0 Å². The third kappa shape index (κ3) is 4.27. The summed E-state index contributed by atoms with van der Waals surface area (Å²) < 4.78 is 5.42. The molecule has 1 aromatic rings. The van der Waals surface area contributed by atoms with Crippen LogP contribution in [0.2, 0.25) is 0 Å². The van der Waals surface area contributed by atoms with Crippen molar-refractivity contribution in [2.24, 2.45) is 5.73 Å². The predicted octanol–water partition coefficient (Wildman–Crippen LogP) is 2.10. The molecule has 0 unspecified atom stereocenters. The quantitative estimate of drug-likeness (QED) is 0.437. The standard InChI is InChI=1S/C11H16N2O3/c12-8-2-1-3-9-16-11-6-4-10(5-7-11)13(14)15/h4-7H,1-3,8-9,12H2. The molecule has 88 valence electrons. The van der Waals surface area contributed by atoms with Crippen LogP contribution < -0.4 is 10.5 Å². The Kier molecular flexibility index (Phi) is 5.28. The minimum absolute atomic E-state index is 0.0791. The first-order valence-corrected chi connectivity index (χ1v) is 5.31. The average molecular weight is 224 g/mol. The smallest absolute Gasteiger partial charge is 0.269 e. The molecule has 0 radical (unpaired) electrons. The molecule has 0 amide bonds. The Labute approximate surface area is 94.4 Å². The van der Waals surface area contributed by atoms with E-state index in [-0.39, 0.29) is 5.69 Å². The molecule has 0 aliphatic carbocycles. The van der Waals surface area contributed by atoms with Gasteiger partial charge in [0.15, 0.2) is 0 Å². The van der Waals surface area contributed by atoms with E-state index in [4.69, 9.17) is 10.5 Å². The molecular weight excluding hydrogens is 208 g/mol. The van der Waals surface area contributed by atoms with E-state index in [1.807, 2.05) is 0 Å². The summed E-state index contributed by atoms with van der Waals surface area (Å²) in [5.74, 6) is 0.665. The van der Waals surface area contributed by atoms with Gasteiger partial charge in [-0.1, -0.05) is 0 Å². The number of benzene rings is 1. The number of nitro groups is 1. The van der Waals surface area contributed by atoms with Gasteiger partial charge < -0.3 is 10.5 Å². The Morgan fingerprint density at radius 2 is 1.88 bits per heavy atom. The van der Waals surface area contributed by atoms with Gasteiger partial charge in [0, 0.05) is 12.1 Å². The lowest BCUT2D eigenvalue weighted by molar-refractivity contribution is -0.384. The number of nitrogens with zero attached hydrogens (tertiary/aromatic N) is 1. The van der Waals surface area contributed by atoms with Gasteiger partial charge in [-0.15, -0.1) is 0 Å². The van der Waals surface area contributed by atoms with Gasteiger partial charge in [-0.25, -0.2) is 0 Å². The van der Waals surface area contributed by atoms with Gasteiger partial charge in [-0.2, -0.15) is 0 Å². The van der Waals surface area contributed by atoms with Crippen LogP contribution >= 0.6 is 0 Å². The van der Waals surface area contributed by atoms with Crippen LogP contribution in [0.3, 0.4) is 0 Å². The monoisotopic (exact) mass is 224 g/mol. The maximum absolute atomic E-state index is 10.4. The van der Waals surface area contributed by atoms with Gasteiger partial charge in [0.05, 0.1) is 11.5 Å². The van der Waals surface area contributed by atoms with E-state index in [0.717, 1.165) is 19.3 Å². The van der Waals surface area contributed by atoms with Gasteiger partial charge in [0.1, 0.15) is 5.75 Å². The fourth-order valence-corrected chi connectivity index (χ4v) is 1.28. The summed E-state index contributed by atoms with van der Waals surface area (Å²) in [7, 11) is 0. The van der Waals surface area contributed by atoms with Crippen molar-refractivity contribution in [2.75, 3.05) is 13.2 Å². The zero-order valence-electron chi connectivity index (χ0n) is 9.09. The summed E-state index contributed by atoms with van der Waals surface area (Å²) in [5, 5.41) is 10.4. The summed E-state index contributed by atoms with van der Waals surface area (Å²) >= 11 is 0. The fourth-order valence-electron chi connectivity index (χ4n) is 1.28. The highest BCUT2D eigenvalue weighted by atomic mass is 16.6. The maximum atomic E-state index is 10.4. The van der Waals surface area contributed by atoms with Crippen LogP contribution in [0.1, 0.15) is 19.3 Å². The van der Waals surface area contributed by atoms with Crippen LogP contribution in [0.25, 0.3) is 0 Å². The zero-order valence-corrected chi connectivity index (χ0v) is 9.09. The SMILES string of the molecule is NCCCCCOc1ccc([N+](=O)[O-])cc1. The van der Waals surface area contributed by atoms with Gasteiger partial charge in [0.2, 0.25) is 0 Å². The molecule has 0 heterocycles. The maximum Gasteiger partial charge on any atom is 0.269 e. The molecule has 0 aliphatic heterocycles. The Hall–Kier alpha value is -1.62. The van der Waals surface area contributed by atoms with Crippen LogP contribution in [-0.4, -0.2) is 18.1 Å². The topological polar surface area (TPSA) is 78.4 Å². The first-order valence-electron chi connectivity index (χ1n) is 5.31. The van der Waals surface area contributed by atoms with Crippen molar-refractivity contribution in [3.05, 3.63) is 34.4 Å². The number of hydrogen-bond donors (Lipinski definition) is 1. The van der Waals surface area contributed by atoms with Gasteiger partial charge >= 0.3 is 0 Å². The van der Waals surface area contributed by atoms with E-state index in [9.17, 15) is 10.1 Å². The summed E-state index contributed by atoms with van der Waals surface area (Å²) in [4.78, 5) is 9.97. The number of rotatable bonds is 7. The summed E-state index contributed by atoms with van der Waals surface area (Å²) in [6.45, 7) is 1.33. The van der Waals surface area contributed by atoms with Crippen molar-refractivity contribution in [3.63, 3.8) is 0 Å². The highest BCUT2D eigenvalue weighted by molar-refractivity contribution is 5.35. The van der Waals surface area contributed by atoms with Crippen LogP contribution in [0.5, 0.6) is 5.75 Å². The van der Waals surface area contributed by atoms with E-state index in [2.05, 4.69) is 0 Å². The largest absolute Gasteiger partial charge is 0.494 e. The molecule has 2 N–H and O–H groups in total. The van der Waals surface area contributed by atoms with Crippen molar-refractivity contribution in [3.8, 4) is 5.75 Å². The molecule has 0 saturated heterocycles. The molecule has 0 bridgehead atoms. The second-order valence-electron chi connectivity index (χ2n) is 3.45. The summed E-state index contributed by atoms with van der Waals surface area (Å²) in [6, 6.07) is 6.10. The van der Waals surface area contributed by atoms with E-state index in [1.165, 1.54) is 12.1 Å². The normalized spacial score (nSPS) is 10.1. The number of unbranched alkanes of at least 4 members (excludes halogenated alkanes) is 2. The second-order valence-corrected chi connectivity index (χ2v) is 3.45. The molecule has 1 rings (SSSR count). The molecule has 0 fully saturated rings. The van der Waals surface area contributed by atoms with Crippen LogP contribution in [0, 0.1) is 10.1 Å². The number of nitrogens with two attached hydrogens (primary N) is 1. The highest BCUT2D eigenvalue weighted by Crippen LogP contribution is 2.17. The first kappa shape index (κ1) is 12.4. The van der Waals surface area contributed by atoms with Crippen molar-refractivity contribution >= 4 is 5.69 Å². The molecular formula is C11H16N2O3. The summed E-state index contributed by atoms with van der Waals surface area (Å²) in [6.07, 6.45) is 3.00. The molecule has 16 heavy (non-hydrogen) atoms. The summed E-state index contributed by atoms with van der Waals surface area (Å²) in [5.41, 5.74) is 5.44. The van der Waals surface area contributed by atoms with E-state index in [0.29, 0.717) is 18.9 Å². The van der Waals surface area contributed by atoms with Crippen LogP contribution in [0.15, 0.2) is 24.3 Å². The molecule has 1 aromatic carbocycles. The van der Waals surface area contributed by atoms with Crippen LogP contribution in [-0.2, 0) is 0 Å². The Balaban J connectivity index is 2.29. The Morgan fingerprint density at radius 1 is 1.19 bits per heavy atom. The molecule has 0 saturated carbocycles. The molecule has 0 atom stereocenters. The molecule has 0 spiro atoms. The third-order valence-electron chi connectivity index (χ3n) is 2.16. The molecule has 5 nitrogen and oxygen atoms in total. The molecule has 0 aliphatic rings. The lowest BCUT2D eigenvalue weighted by Gasteiger charge is -2.05. The number of ether oxygens (including phenoxy) is 1. The van der Waals surface area contributed by atoms with E-state index < -0.39 is 4.92 Å². The van der Waals surface area contributed by atoms with Crippen molar-refractivity contribution in [1.29, 1.82) is 0 Å². The Morgan fingerprint density at radius 3 is 2.44 bits per heavy atom. The lowest BCUT2D eigenvalue weighted by Crippen LogP contribution is -2.01. The fraction of sp³-hybridized carbons (Fsp3) is 0.455. The highest BCUT2D eigenvalue weighted by Gasteiger charge is 2.03.